The third-order valence-electron chi connectivity index (χ3n) is 3.70. The monoisotopic (exact) mass is 486 g/mol. The Kier molecular flexibility index (Phi) is 8.17. The molecule has 3 aromatic heterocycles. The molecule has 0 spiro atoms. The molecular formula is C18H23IN4O2S. The minimum Gasteiger partial charge on any atom is -0.469 e. The Hall–Kier alpha value is -1.81. The van der Waals surface area contributed by atoms with E-state index in [9.17, 15) is 0 Å². The van der Waals surface area contributed by atoms with Crippen LogP contribution in [0.4, 0.5) is 0 Å². The molecule has 0 radical (unpaired) electrons. The summed E-state index contributed by atoms with van der Waals surface area (Å²) in [4.78, 5) is 10.2. The fourth-order valence-electron chi connectivity index (χ4n) is 2.27. The first-order valence-corrected chi connectivity index (χ1v) is 9.08. The van der Waals surface area contributed by atoms with Crippen molar-refractivity contribution in [2.45, 2.75) is 33.4 Å². The number of thiophene rings is 1. The van der Waals surface area contributed by atoms with Gasteiger partial charge in [-0.15, -0.1) is 35.3 Å². The van der Waals surface area contributed by atoms with Crippen LogP contribution in [0.25, 0.3) is 0 Å². The molecule has 0 aliphatic rings. The lowest BCUT2D eigenvalue weighted by atomic mass is 10.3. The van der Waals surface area contributed by atoms with Crippen LogP contribution in [-0.4, -0.2) is 17.5 Å². The van der Waals surface area contributed by atoms with E-state index < -0.39 is 0 Å². The average Bonchev–Trinajstić information content (AvgIpc) is 3.34. The molecule has 3 rings (SSSR count). The summed E-state index contributed by atoms with van der Waals surface area (Å²) in [5.41, 5.74) is 0.907. The summed E-state index contributed by atoms with van der Waals surface area (Å²) in [7, 11) is 0. The maximum absolute atomic E-state index is 5.59. The summed E-state index contributed by atoms with van der Waals surface area (Å²) in [6.45, 7) is 5.70. The van der Waals surface area contributed by atoms with E-state index >= 15 is 0 Å². The van der Waals surface area contributed by atoms with Crippen molar-refractivity contribution in [2.75, 3.05) is 6.54 Å². The largest absolute Gasteiger partial charge is 0.469 e. The quantitative estimate of drug-likeness (QED) is 0.300. The molecule has 0 aliphatic heterocycles. The molecule has 6 nitrogen and oxygen atoms in total. The fourth-order valence-corrected chi connectivity index (χ4v) is 2.92. The third-order valence-corrected chi connectivity index (χ3v) is 4.58. The zero-order valence-corrected chi connectivity index (χ0v) is 18.0. The van der Waals surface area contributed by atoms with E-state index in [1.165, 1.54) is 4.88 Å². The van der Waals surface area contributed by atoms with Gasteiger partial charge in [0.15, 0.2) is 5.96 Å². The second-order valence-electron chi connectivity index (χ2n) is 5.60. The molecule has 26 heavy (non-hydrogen) atoms. The van der Waals surface area contributed by atoms with Crippen LogP contribution in [0.3, 0.4) is 0 Å². The normalized spacial score (nSPS) is 11.2. The van der Waals surface area contributed by atoms with Crippen molar-refractivity contribution < 1.29 is 8.83 Å². The molecule has 0 saturated heterocycles. The van der Waals surface area contributed by atoms with E-state index in [1.54, 1.807) is 17.6 Å². The topological polar surface area (TPSA) is 75.6 Å². The Morgan fingerprint density at radius 3 is 2.77 bits per heavy atom. The van der Waals surface area contributed by atoms with Crippen LogP contribution in [-0.2, 0) is 19.5 Å². The van der Waals surface area contributed by atoms with Crippen molar-refractivity contribution >= 4 is 41.3 Å². The first-order valence-electron chi connectivity index (χ1n) is 8.20. The number of guanidine groups is 1. The van der Waals surface area contributed by atoms with Gasteiger partial charge in [-0.3, -0.25) is 0 Å². The lowest BCUT2D eigenvalue weighted by Crippen LogP contribution is -2.38. The van der Waals surface area contributed by atoms with Gasteiger partial charge in [0.25, 0.3) is 0 Å². The molecule has 0 bridgehead atoms. The number of aliphatic imine (C=N–C) groups is 1. The molecule has 0 atom stereocenters. The van der Waals surface area contributed by atoms with Crippen LogP contribution in [0.2, 0.25) is 0 Å². The summed E-state index contributed by atoms with van der Waals surface area (Å²) < 4.78 is 10.9. The van der Waals surface area contributed by atoms with Gasteiger partial charge in [0.1, 0.15) is 18.1 Å². The summed E-state index contributed by atoms with van der Waals surface area (Å²) in [6, 6.07) is 8.00. The Labute approximate surface area is 174 Å². The molecule has 0 unspecified atom stereocenters. The standard InChI is InChI=1S/C18H22N4O2S.HI/c1-13-14(2)24-17(22-13)12-21-18(20-11-16-6-4-10-25-16)19-8-7-15-5-3-9-23-15;/h3-6,9-10H,7-8,11-12H2,1-2H3,(H2,19,20,21);1H. The summed E-state index contributed by atoms with van der Waals surface area (Å²) in [5, 5.41) is 8.74. The molecule has 0 amide bonds. The van der Waals surface area contributed by atoms with Gasteiger partial charge < -0.3 is 19.5 Å². The lowest BCUT2D eigenvalue weighted by Gasteiger charge is -2.11. The number of nitrogens with one attached hydrogen (secondary N) is 2. The number of oxazole rings is 1. The highest BCUT2D eigenvalue weighted by atomic mass is 127. The first kappa shape index (κ1) is 20.5. The van der Waals surface area contributed by atoms with Crippen LogP contribution in [0, 0.1) is 13.8 Å². The van der Waals surface area contributed by atoms with Crippen LogP contribution in [0.1, 0.15) is 28.0 Å². The SMILES string of the molecule is Cc1nc(CN=C(NCCc2ccco2)NCc2cccs2)oc1C.I. The smallest absolute Gasteiger partial charge is 0.216 e. The van der Waals surface area contributed by atoms with Crippen LogP contribution in [0.5, 0.6) is 0 Å². The van der Waals surface area contributed by atoms with Crippen LogP contribution in [0.15, 0.2) is 49.7 Å². The zero-order valence-electron chi connectivity index (χ0n) is 14.8. The molecule has 0 fully saturated rings. The minimum absolute atomic E-state index is 0. The lowest BCUT2D eigenvalue weighted by molar-refractivity contribution is 0.472. The molecular weight excluding hydrogens is 463 g/mol. The Bertz CT molecular complexity index is 778. The van der Waals surface area contributed by atoms with Gasteiger partial charge in [-0.1, -0.05) is 6.07 Å². The van der Waals surface area contributed by atoms with E-state index in [0.717, 1.165) is 42.7 Å². The third kappa shape index (κ3) is 6.17. The van der Waals surface area contributed by atoms with Gasteiger partial charge in [-0.25, -0.2) is 9.98 Å². The number of rotatable bonds is 7. The minimum atomic E-state index is 0. The number of aromatic nitrogens is 1. The Morgan fingerprint density at radius 2 is 2.12 bits per heavy atom. The number of aryl methyl sites for hydroxylation is 2. The molecule has 3 aromatic rings. The van der Waals surface area contributed by atoms with Gasteiger partial charge in [-0.2, -0.15) is 0 Å². The predicted octanol–water partition coefficient (Wildman–Crippen LogP) is 4.04. The van der Waals surface area contributed by atoms with Crippen LogP contribution >= 0.6 is 35.3 Å². The molecule has 0 saturated carbocycles. The van der Waals surface area contributed by atoms with E-state index in [2.05, 4.69) is 32.1 Å². The van der Waals surface area contributed by atoms with Crippen molar-refractivity contribution in [3.8, 4) is 0 Å². The zero-order chi connectivity index (χ0) is 17.5. The number of hydrogen-bond donors (Lipinski definition) is 2. The second kappa shape index (κ2) is 10.4. The van der Waals surface area contributed by atoms with Gasteiger partial charge in [0.05, 0.1) is 18.5 Å². The van der Waals surface area contributed by atoms with E-state index in [0.29, 0.717) is 12.4 Å². The Balaban J connectivity index is 0.00000243. The highest BCUT2D eigenvalue weighted by Crippen LogP contribution is 2.10. The van der Waals surface area contributed by atoms with Crippen molar-refractivity contribution in [1.82, 2.24) is 15.6 Å². The number of nitrogens with zero attached hydrogens (tertiary/aromatic N) is 2. The summed E-state index contributed by atoms with van der Waals surface area (Å²) in [6.07, 6.45) is 2.48. The van der Waals surface area contributed by atoms with Crippen molar-refractivity contribution in [3.63, 3.8) is 0 Å². The molecule has 3 heterocycles. The van der Waals surface area contributed by atoms with Gasteiger partial charge >= 0.3 is 0 Å². The maximum Gasteiger partial charge on any atom is 0.216 e. The Morgan fingerprint density at radius 1 is 1.23 bits per heavy atom. The molecule has 0 aliphatic carbocycles. The molecule has 2 N–H and O–H groups in total. The maximum atomic E-state index is 5.59. The van der Waals surface area contributed by atoms with Crippen molar-refractivity contribution in [2.24, 2.45) is 4.99 Å². The molecule has 140 valence electrons. The second-order valence-corrected chi connectivity index (χ2v) is 6.64. The van der Waals surface area contributed by atoms with Gasteiger partial charge in [0.2, 0.25) is 5.89 Å². The molecule has 8 heteroatoms. The highest BCUT2D eigenvalue weighted by Gasteiger charge is 2.06. The van der Waals surface area contributed by atoms with E-state index in [4.69, 9.17) is 8.83 Å². The first-order chi connectivity index (χ1) is 12.2. The summed E-state index contributed by atoms with van der Waals surface area (Å²) >= 11 is 1.72. The molecule has 0 aromatic carbocycles. The van der Waals surface area contributed by atoms with Crippen LogP contribution < -0.4 is 10.6 Å². The highest BCUT2D eigenvalue weighted by molar-refractivity contribution is 14.0. The summed E-state index contributed by atoms with van der Waals surface area (Å²) in [5.74, 6) is 3.14. The van der Waals surface area contributed by atoms with Crippen molar-refractivity contribution in [1.29, 1.82) is 0 Å². The fraction of sp³-hybridized carbons (Fsp3) is 0.333. The van der Waals surface area contributed by atoms with E-state index in [1.807, 2.05) is 32.0 Å². The average molecular weight is 486 g/mol. The van der Waals surface area contributed by atoms with Gasteiger partial charge in [-0.05, 0) is 37.4 Å². The number of furan rings is 1. The number of halogens is 1. The number of hydrogen-bond acceptors (Lipinski definition) is 5. The van der Waals surface area contributed by atoms with Gasteiger partial charge in [0, 0.05) is 17.8 Å². The van der Waals surface area contributed by atoms with E-state index in [-0.39, 0.29) is 24.0 Å². The predicted molar refractivity (Wildman–Crippen MR) is 114 cm³/mol. The van der Waals surface area contributed by atoms with Crippen molar-refractivity contribution in [3.05, 3.63) is 63.9 Å².